The summed E-state index contributed by atoms with van der Waals surface area (Å²) in [7, 11) is -2.53. The average molecular weight is 234 g/mol. The zero-order valence-electron chi connectivity index (χ0n) is 6.94. The van der Waals surface area contributed by atoms with Crippen molar-refractivity contribution in [3.05, 3.63) is 5.56 Å². The fraction of sp³-hybridized carbons (Fsp3) is 0.333. The van der Waals surface area contributed by atoms with Gasteiger partial charge >= 0.3 is 0 Å². The molecule has 4 nitrogen and oxygen atoms in total. The van der Waals surface area contributed by atoms with E-state index in [9.17, 15) is 8.42 Å². The summed E-state index contributed by atoms with van der Waals surface area (Å²) < 4.78 is 26.4. The molecule has 0 amide bonds. The van der Waals surface area contributed by atoms with Gasteiger partial charge in [-0.05, 0) is 11.5 Å². The van der Waals surface area contributed by atoms with E-state index in [1.807, 2.05) is 6.07 Å². The van der Waals surface area contributed by atoms with Gasteiger partial charge in [0.1, 0.15) is 15.8 Å². The molecule has 0 unspecified atom stereocenters. The second-order valence-electron chi connectivity index (χ2n) is 2.17. The quantitative estimate of drug-likeness (QED) is 0.746. The van der Waals surface area contributed by atoms with Gasteiger partial charge in [-0.1, -0.05) is 0 Å². The zero-order chi connectivity index (χ0) is 10.0. The molecule has 0 aliphatic heterocycles. The highest BCUT2D eigenvalue weighted by Gasteiger charge is 2.18. The van der Waals surface area contributed by atoms with E-state index in [1.165, 1.54) is 12.5 Å². The Balaban J connectivity index is 3.37. The molecular formula is C6H6N2O2S3. The summed E-state index contributed by atoms with van der Waals surface area (Å²) in [6.07, 6.45) is 2.91. The summed E-state index contributed by atoms with van der Waals surface area (Å²) in [6, 6.07) is 1.87. The predicted octanol–water partition coefficient (Wildman–Crippen LogP) is 0.490. The predicted molar refractivity (Wildman–Crippen MR) is 51.5 cm³/mol. The van der Waals surface area contributed by atoms with Crippen LogP contribution in [0.1, 0.15) is 5.56 Å². The number of rotatable bonds is 2. The van der Waals surface area contributed by atoms with Crippen molar-refractivity contribution in [1.82, 2.24) is 4.37 Å². The van der Waals surface area contributed by atoms with E-state index in [0.717, 1.165) is 11.5 Å². The van der Waals surface area contributed by atoms with Gasteiger partial charge in [0.25, 0.3) is 0 Å². The van der Waals surface area contributed by atoms with Crippen LogP contribution in [0.2, 0.25) is 0 Å². The Morgan fingerprint density at radius 2 is 2.00 bits per heavy atom. The molecule has 0 N–H and O–H groups in total. The molecule has 1 heterocycles. The maximum absolute atomic E-state index is 11.1. The third-order valence-corrected chi connectivity index (χ3v) is 4.53. The van der Waals surface area contributed by atoms with Crippen LogP contribution in [-0.2, 0) is 21.6 Å². The fourth-order valence-corrected chi connectivity index (χ4v) is 3.30. The molecule has 1 aromatic heterocycles. The van der Waals surface area contributed by atoms with Gasteiger partial charge in [-0.2, -0.15) is 9.64 Å². The van der Waals surface area contributed by atoms with Crippen molar-refractivity contribution < 1.29 is 8.42 Å². The molecule has 13 heavy (non-hydrogen) atoms. The minimum atomic E-state index is -1.29. The summed E-state index contributed by atoms with van der Waals surface area (Å²) in [5.74, 6) is 0. The van der Waals surface area contributed by atoms with Crippen molar-refractivity contribution in [3.8, 4) is 6.07 Å². The first-order valence-electron chi connectivity index (χ1n) is 3.14. The number of nitrogens with zero attached hydrogens (tertiary/aromatic N) is 2. The highest BCUT2D eigenvalue weighted by molar-refractivity contribution is 7.87. The summed E-state index contributed by atoms with van der Waals surface area (Å²) in [5, 5.41) is 8.97. The topological polar surface area (TPSA) is 70.8 Å². The van der Waals surface area contributed by atoms with Crippen molar-refractivity contribution in [3.63, 3.8) is 0 Å². The van der Waals surface area contributed by atoms with E-state index in [-0.39, 0.29) is 10.6 Å². The first-order chi connectivity index (χ1) is 6.07. The first-order valence-corrected chi connectivity index (χ1v) is 7.03. The second-order valence-corrected chi connectivity index (χ2v) is 5.81. The highest BCUT2D eigenvalue weighted by Crippen LogP contribution is 2.22. The van der Waals surface area contributed by atoms with Crippen molar-refractivity contribution in [2.75, 3.05) is 12.5 Å². The van der Waals surface area contributed by atoms with Gasteiger partial charge < -0.3 is 0 Å². The molecule has 0 fully saturated rings. The van der Waals surface area contributed by atoms with E-state index < -0.39 is 21.6 Å². The SMILES string of the molecule is C[S@](=O)c1nsc([S@](C)=O)c1C#N. The molecule has 1 aromatic rings. The Bertz CT molecular complexity index is 387. The molecule has 2 atom stereocenters. The summed E-state index contributed by atoms with van der Waals surface area (Å²) in [4.78, 5) is 0. The van der Waals surface area contributed by atoms with E-state index >= 15 is 0 Å². The molecular weight excluding hydrogens is 228 g/mol. The van der Waals surface area contributed by atoms with Crippen LogP contribution in [0.4, 0.5) is 0 Å². The van der Waals surface area contributed by atoms with Gasteiger partial charge in [0.2, 0.25) is 0 Å². The summed E-state index contributed by atoms with van der Waals surface area (Å²) in [5.41, 5.74) is 0.201. The molecule has 1 rings (SSSR count). The molecule has 0 aliphatic carbocycles. The molecule has 0 saturated heterocycles. The van der Waals surface area contributed by atoms with Crippen molar-refractivity contribution in [2.24, 2.45) is 0 Å². The lowest BCUT2D eigenvalue weighted by molar-refractivity contribution is 0.684. The standard InChI is InChI=1S/C6H6N2O2S3/c1-12(9)5-4(3-7)6(11-8-5)13(2)10/h1-2H3/t12-,13-/m0/s1. The largest absolute Gasteiger partial charge is 0.254 e. The lowest BCUT2D eigenvalue weighted by Crippen LogP contribution is -1.93. The minimum absolute atomic E-state index is 0.201. The van der Waals surface area contributed by atoms with Crippen LogP contribution in [0.5, 0.6) is 0 Å². The van der Waals surface area contributed by atoms with Gasteiger partial charge in [-0.3, -0.25) is 8.42 Å². The maximum atomic E-state index is 11.1. The van der Waals surface area contributed by atoms with Crippen molar-refractivity contribution in [2.45, 2.75) is 9.24 Å². The van der Waals surface area contributed by atoms with Gasteiger partial charge in [-0.15, -0.1) is 0 Å². The van der Waals surface area contributed by atoms with Gasteiger partial charge in [0.15, 0.2) is 5.03 Å². The Morgan fingerprint density at radius 3 is 2.38 bits per heavy atom. The lowest BCUT2D eigenvalue weighted by atomic mass is 10.4. The number of aromatic nitrogens is 1. The first kappa shape index (κ1) is 10.5. The average Bonchev–Trinajstić information content (AvgIpc) is 2.46. The summed E-state index contributed by atoms with van der Waals surface area (Å²) >= 11 is 0.971. The van der Waals surface area contributed by atoms with Gasteiger partial charge in [0.05, 0.1) is 21.6 Å². The van der Waals surface area contributed by atoms with Crippen LogP contribution in [-0.4, -0.2) is 25.3 Å². The van der Waals surface area contributed by atoms with E-state index in [1.54, 1.807) is 0 Å². The van der Waals surface area contributed by atoms with E-state index in [4.69, 9.17) is 5.26 Å². The minimum Gasteiger partial charge on any atom is -0.254 e. The van der Waals surface area contributed by atoms with Crippen LogP contribution >= 0.6 is 11.5 Å². The highest BCUT2D eigenvalue weighted by atomic mass is 32.2. The number of nitriles is 1. The zero-order valence-corrected chi connectivity index (χ0v) is 9.39. The van der Waals surface area contributed by atoms with Gasteiger partial charge in [0, 0.05) is 12.5 Å². The molecule has 0 radical (unpaired) electrons. The normalized spacial score (nSPS) is 14.8. The molecule has 0 bridgehead atoms. The Labute approximate surface area is 84.7 Å². The van der Waals surface area contributed by atoms with E-state index in [2.05, 4.69) is 4.37 Å². The van der Waals surface area contributed by atoms with Crippen molar-refractivity contribution in [1.29, 1.82) is 5.26 Å². The smallest absolute Gasteiger partial charge is 0.159 e. The molecule has 7 heteroatoms. The van der Waals surface area contributed by atoms with Crippen LogP contribution in [0, 0.1) is 11.3 Å². The van der Waals surface area contributed by atoms with Crippen LogP contribution in [0.3, 0.4) is 0 Å². The number of hydrogen-bond donors (Lipinski definition) is 0. The Hall–Kier alpha value is -0.580. The third kappa shape index (κ3) is 2.02. The van der Waals surface area contributed by atoms with Crippen LogP contribution in [0.25, 0.3) is 0 Å². The fourth-order valence-electron chi connectivity index (χ4n) is 0.747. The Morgan fingerprint density at radius 1 is 1.38 bits per heavy atom. The van der Waals surface area contributed by atoms with Crippen LogP contribution in [0.15, 0.2) is 9.24 Å². The lowest BCUT2D eigenvalue weighted by Gasteiger charge is -1.90. The van der Waals surface area contributed by atoms with Gasteiger partial charge in [-0.25, -0.2) is 0 Å². The molecule has 0 aliphatic rings. The maximum Gasteiger partial charge on any atom is 0.159 e. The third-order valence-electron chi connectivity index (χ3n) is 1.27. The van der Waals surface area contributed by atoms with E-state index in [0.29, 0.717) is 4.21 Å². The molecule has 0 aromatic carbocycles. The molecule has 0 spiro atoms. The molecule has 0 saturated carbocycles. The summed E-state index contributed by atoms with van der Waals surface area (Å²) in [6.45, 7) is 0. The number of hydrogen-bond acceptors (Lipinski definition) is 5. The second kappa shape index (κ2) is 4.09. The monoisotopic (exact) mass is 234 g/mol. The van der Waals surface area contributed by atoms with Crippen LogP contribution < -0.4 is 0 Å². The Kier molecular flexibility index (Phi) is 3.30. The van der Waals surface area contributed by atoms with Crippen molar-refractivity contribution >= 4 is 33.1 Å². The molecule has 70 valence electrons.